The number of hydrogen-bond donors (Lipinski definition) is 2. The Labute approximate surface area is 205 Å². The molecule has 2 N–H and O–H groups in total. The smallest absolute Gasteiger partial charge is 0.308 e. The average molecular weight is 480 g/mol. The van der Waals surface area contributed by atoms with Crippen molar-refractivity contribution < 1.29 is 19.1 Å². The minimum atomic E-state index is -0.563. The highest BCUT2D eigenvalue weighted by atomic mass is 16.5. The molecule has 2 aromatic heterocycles. The van der Waals surface area contributed by atoms with Crippen LogP contribution in [0.3, 0.4) is 0 Å². The summed E-state index contributed by atoms with van der Waals surface area (Å²) in [6.07, 6.45) is 7.60. The van der Waals surface area contributed by atoms with Crippen molar-refractivity contribution in [3.8, 4) is 0 Å². The lowest BCUT2D eigenvalue weighted by atomic mass is 9.99. The van der Waals surface area contributed by atoms with Gasteiger partial charge in [0.05, 0.1) is 25.6 Å². The Bertz CT molecular complexity index is 1050. The Morgan fingerprint density at radius 2 is 2.20 bits per heavy atom. The first-order chi connectivity index (χ1) is 17.0. The number of anilines is 1. The Balaban J connectivity index is 1.29. The molecule has 1 fully saturated rings. The molecule has 9 nitrogen and oxygen atoms in total. The number of fused-ring (bicyclic) bond motifs is 1. The number of carbonyl (C=O) groups is 3. The highest BCUT2D eigenvalue weighted by molar-refractivity contribution is 5.87. The van der Waals surface area contributed by atoms with E-state index in [1.807, 2.05) is 0 Å². The number of amides is 2. The van der Waals surface area contributed by atoms with Gasteiger partial charge in [-0.2, -0.15) is 0 Å². The van der Waals surface area contributed by atoms with Crippen molar-refractivity contribution in [3.63, 3.8) is 0 Å². The number of nitrogens with one attached hydrogen (secondary N) is 2. The molecule has 0 saturated carbocycles. The first kappa shape index (κ1) is 24.6. The fourth-order valence-electron chi connectivity index (χ4n) is 4.69. The number of aromatic nitrogens is 2. The van der Waals surface area contributed by atoms with E-state index < -0.39 is 12.0 Å². The van der Waals surface area contributed by atoms with Gasteiger partial charge in [-0.3, -0.25) is 19.4 Å². The van der Waals surface area contributed by atoms with Crippen LogP contribution in [0.15, 0.2) is 36.7 Å². The molecular weight excluding hydrogens is 446 g/mol. The van der Waals surface area contributed by atoms with Crippen molar-refractivity contribution in [3.05, 3.63) is 53.5 Å². The van der Waals surface area contributed by atoms with Gasteiger partial charge in [0.15, 0.2) is 0 Å². The molecule has 0 bridgehead atoms. The summed E-state index contributed by atoms with van der Waals surface area (Å²) < 4.78 is 5.05. The van der Waals surface area contributed by atoms with E-state index in [1.54, 1.807) is 36.4 Å². The molecule has 4 rings (SSSR count). The molecule has 4 heterocycles. The number of hydrogen-bond acceptors (Lipinski definition) is 7. The van der Waals surface area contributed by atoms with E-state index >= 15 is 0 Å². The minimum absolute atomic E-state index is 0.000412. The predicted molar refractivity (Wildman–Crippen MR) is 130 cm³/mol. The lowest BCUT2D eigenvalue weighted by molar-refractivity contribution is -0.144. The second kappa shape index (κ2) is 11.8. The van der Waals surface area contributed by atoms with E-state index in [4.69, 9.17) is 9.72 Å². The van der Waals surface area contributed by atoms with Crippen molar-refractivity contribution in [1.29, 1.82) is 0 Å². The van der Waals surface area contributed by atoms with Gasteiger partial charge in [0.1, 0.15) is 5.82 Å². The largest absolute Gasteiger partial charge is 0.466 e. The third-order valence-corrected chi connectivity index (χ3v) is 6.54. The number of ether oxygens (including phenoxy) is 1. The summed E-state index contributed by atoms with van der Waals surface area (Å²) in [6.45, 7) is 3.47. The van der Waals surface area contributed by atoms with Crippen LogP contribution in [0.1, 0.15) is 55.5 Å². The van der Waals surface area contributed by atoms with Gasteiger partial charge in [-0.15, -0.1) is 0 Å². The summed E-state index contributed by atoms with van der Waals surface area (Å²) >= 11 is 0. The molecular formula is C26H33N5O4. The van der Waals surface area contributed by atoms with Gasteiger partial charge in [0, 0.05) is 37.1 Å². The maximum atomic E-state index is 12.9. The molecule has 2 aromatic rings. The van der Waals surface area contributed by atoms with E-state index in [0.29, 0.717) is 18.5 Å². The number of pyridine rings is 2. The summed E-state index contributed by atoms with van der Waals surface area (Å²) in [5.74, 6) is 0.155. The molecule has 0 radical (unpaired) electrons. The first-order valence-corrected chi connectivity index (χ1v) is 12.4. The van der Waals surface area contributed by atoms with Crippen LogP contribution in [0.25, 0.3) is 0 Å². The highest BCUT2D eigenvalue weighted by Gasteiger charge is 2.33. The van der Waals surface area contributed by atoms with E-state index in [9.17, 15) is 14.4 Å². The zero-order valence-corrected chi connectivity index (χ0v) is 20.2. The monoisotopic (exact) mass is 479 g/mol. The molecule has 0 spiro atoms. The first-order valence-electron chi connectivity index (χ1n) is 12.4. The Morgan fingerprint density at radius 1 is 1.31 bits per heavy atom. The van der Waals surface area contributed by atoms with Gasteiger partial charge in [-0.25, -0.2) is 4.98 Å². The topological polar surface area (TPSA) is 114 Å². The maximum Gasteiger partial charge on any atom is 0.308 e. The highest BCUT2D eigenvalue weighted by Crippen LogP contribution is 2.25. The molecule has 186 valence electrons. The van der Waals surface area contributed by atoms with Gasteiger partial charge in [0.2, 0.25) is 11.8 Å². The Morgan fingerprint density at radius 3 is 3.00 bits per heavy atom. The molecule has 0 aliphatic carbocycles. The zero-order valence-electron chi connectivity index (χ0n) is 20.2. The summed E-state index contributed by atoms with van der Waals surface area (Å²) in [7, 11) is 0. The molecule has 2 aliphatic heterocycles. The Hall–Kier alpha value is -3.49. The number of rotatable bonds is 10. The second-order valence-electron chi connectivity index (χ2n) is 9.04. The lowest BCUT2D eigenvalue weighted by Crippen LogP contribution is -2.40. The van der Waals surface area contributed by atoms with Crippen molar-refractivity contribution in [2.45, 2.75) is 51.5 Å². The molecule has 9 heteroatoms. The van der Waals surface area contributed by atoms with E-state index in [2.05, 4.69) is 27.8 Å². The lowest BCUT2D eigenvalue weighted by Gasteiger charge is -2.21. The zero-order chi connectivity index (χ0) is 24.6. The molecule has 2 aliphatic rings. The van der Waals surface area contributed by atoms with Crippen LogP contribution in [-0.4, -0.2) is 58.9 Å². The van der Waals surface area contributed by atoms with Gasteiger partial charge < -0.3 is 20.3 Å². The number of carbonyl (C=O) groups excluding carboxylic acids is 3. The van der Waals surface area contributed by atoms with Crippen molar-refractivity contribution in [2.75, 3.05) is 31.6 Å². The fourth-order valence-corrected chi connectivity index (χ4v) is 4.69. The number of likely N-dealkylation sites (tertiary alicyclic amines) is 1. The van der Waals surface area contributed by atoms with Crippen LogP contribution in [0, 0.1) is 5.92 Å². The molecule has 0 unspecified atom stereocenters. The van der Waals surface area contributed by atoms with Crippen molar-refractivity contribution >= 4 is 23.6 Å². The van der Waals surface area contributed by atoms with Crippen molar-refractivity contribution in [2.24, 2.45) is 5.92 Å². The average Bonchev–Trinajstić information content (AvgIpc) is 3.21. The molecule has 0 aromatic carbocycles. The number of aryl methyl sites for hydroxylation is 2. The summed E-state index contributed by atoms with van der Waals surface area (Å²) in [4.78, 5) is 48.2. The minimum Gasteiger partial charge on any atom is -0.466 e. The third kappa shape index (κ3) is 6.55. The number of esters is 1. The van der Waals surface area contributed by atoms with Crippen LogP contribution < -0.4 is 10.6 Å². The van der Waals surface area contributed by atoms with Crippen LogP contribution in [0.2, 0.25) is 0 Å². The molecule has 2 amide bonds. The summed E-state index contributed by atoms with van der Waals surface area (Å²) in [5, 5.41) is 6.23. The van der Waals surface area contributed by atoms with Crippen LogP contribution >= 0.6 is 0 Å². The van der Waals surface area contributed by atoms with Gasteiger partial charge >= 0.3 is 5.97 Å². The van der Waals surface area contributed by atoms with Crippen LogP contribution in [-0.2, 0) is 32.0 Å². The molecule has 2 atom stereocenters. The normalized spacial score (nSPS) is 17.9. The third-order valence-electron chi connectivity index (χ3n) is 6.54. The maximum absolute atomic E-state index is 12.9. The SMILES string of the molecule is CCOC(=O)C[C@H](NC(=O)CN1CC[C@@H](CCc2ccc3c(n2)NCCC3)C1=O)c1cccnc1. The summed E-state index contributed by atoms with van der Waals surface area (Å²) in [5.41, 5.74) is 2.95. The van der Waals surface area contributed by atoms with E-state index in [0.717, 1.165) is 43.7 Å². The van der Waals surface area contributed by atoms with E-state index in [1.165, 1.54) is 5.56 Å². The van der Waals surface area contributed by atoms with Crippen molar-refractivity contribution in [1.82, 2.24) is 20.2 Å². The number of nitrogens with zero attached hydrogens (tertiary/aromatic N) is 3. The standard InChI is InChI=1S/C26H33N5O4/c1-2-35-24(33)15-22(20-6-3-12-27-16-20)30-23(32)17-31-14-11-19(26(31)34)8-10-21-9-7-18-5-4-13-28-25(18)29-21/h3,6-7,9,12,16,19,22H,2,4-5,8,10-11,13-15,17H2,1H3,(H,28,29)(H,30,32)/t19-,22+/m1/s1. The fraction of sp³-hybridized carbons (Fsp3) is 0.500. The quantitative estimate of drug-likeness (QED) is 0.503. The van der Waals surface area contributed by atoms with Crippen LogP contribution in [0.4, 0.5) is 5.82 Å². The van der Waals surface area contributed by atoms with Gasteiger partial charge in [0.25, 0.3) is 0 Å². The second-order valence-corrected chi connectivity index (χ2v) is 9.04. The Kier molecular flexibility index (Phi) is 8.28. The predicted octanol–water partition coefficient (Wildman–Crippen LogP) is 2.43. The molecule has 1 saturated heterocycles. The molecule has 35 heavy (non-hydrogen) atoms. The van der Waals surface area contributed by atoms with Crippen LogP contribution in [0.5, 0.6) is 0 Å². The van der Waals surface area contributed by atoms with E-state index in [-0.39, 0.29) is 37.3 Å². The van der Waals surface area contributed by atoms with Gasteiger partial charge in [-0.1, -0.05) is 12.1 Å². The van der Waals surface area contributed by atoms with Gasteiger partial charge in [-0.05, 0) is 62.3 Å². The summed E-state index contributed by atoms with van der Waals surface area (Å²) in [6, 6.07) is 7.18.